The number of carbonyl (C=O) groups excluding carboxylic acids is 1. The fraction of sp³-hybridized carbons (Fsp3) is 0.214. The van der Waals surface area contributed by atoms with Crippen LogP contribution in [0.3, 0.4) is 0 Å². The molecule has 88 valence electrons. The minimum absolute atomic E-state index is 0.272. The van der Waals surface area contributed by atoms with Crippen molar-refractivity contribution in [2.24, 2.45) is 0 Å². The summed E-state index contributed by atoms with van der Waals surface area (Å²) >= 11 is 0. The van der Waals surface area contributed by atoms with Gasteiger partial charge in [0.1, 0.15) is 0 Å². The zero-order chi connectivity index (χ0) is 12.3. The highest BCUT2D eigenvalue weighted by Crippen LogP contribution is 2.19. The van der Waals surface area contributed by atoms with Gasteiger partial charge in [-0.1, -0.05) is 42.5 Å². The SMILES string of the molecule is COC(=O)C(O)Cc1cccc2ccccc12. The molecule has 0 aliphatic carbocycles. The van der Waals surface area contributed by atoms with E-state index in [0.29, 0.717) is 0 Å². The van der Waals surface area contributed by atoms with Gasteiger partial charge < -0.3 is 9.84 Å². The molecule has 17 heavy (non-hydrogen) atoms. The van der Waals surface area contributed by atoms with Crippen LogP contribution < -0.4 is 0 Å². The topological polar surface area (TPSA) is 46.5 Å². The monoisotopic (exact) mass is 230 g/mol. The van der Waals surface area contributed by atoms with Crippen LogP contribution in [0.4, 0.5) is 0 Å². The second-order valence-electron chi connectivity index (χ2n) is 3.88. The first-order valence-corrected chi connectivity index (χ1v) is 5.45. The van der Waals surface area contributed by atoms with E-state index in [1.807, 2.05) is 42.5 Å². The maximum atomic E-state index is 11.2. The molecule has 1 unspecified atom stereocenters. The molecule has 0 saturated heterocycles. The van der Waals surface area contributed by atoms with E-state index in [-0.39, 0.29) is 6.42 Å². The summed E-state index contributed by atoms with van der Waals surface area (Å²) in [5, 5.41) is 11.8. The lowest BCUT2D eigenvalue weighted by atomic mass is 10.00. The van der Waals surface area contributed by atoms with Crippen LogP contribution in [0, 0.1) is 0 Å². The average molecular weight is 230 g/mol. The van der Waals surface area contributed by atoms with Crippen LogP contribution in [0.5, 0.6) is 0 Å². The molecule has 0 aliphatic rings. The number of fused-ring (bicyclic) bond motifs is 1. The third kappa shape index (κ3) is 2.45. The summed E-state index contributed by atoms with van der Waals surface area (Å²) in [7, 11) is 1.27. The van der Waals surface area contributed by atoms with Gasteiger partial charge in [0.25, 0.3) is 0 Å². The molecular weight excluding hydrogens is 216 g/mol. The Kier molecular flexibility index (Phi) is 3.40. The molecular formula is C14H14O3. The summed E-state index contributed by atoms with van der Waals surface area (Å²) < 4.78 is 4.51. The fourth-order valence-electron chi connectivity index (χ4n) is 1.90. The van der Waals surface area contributed by atoms with E-state index >= 15 is 0 Å². The van der Waals surface area contributed by atoms with Crippen molar-refractivity contribution in [3.8, 4) is 0 Å². The van der Waals surface area contributed by atoms with E-state index in [9.17, 15) is 9.90 Å². The molecule has 3 nitrogen and oxygen atoms in total. The van der Waals surface area contributed by atoms with Crippen LogP contribution in [0.2, 0.25) is 0 Å². The smallest absolute Gasteiger partial charge is 0.335 e. The first kappa shape index (κ1) is 11.6. The largest absolute Gasteiger partial charge is 0.467 e. The van der Waals surface area contributed by atoms with Crippen LogP contribution in [0.25, 0.3) is 10.8 Å². The molecule has 0 bridgehead atoms. The van der Waals surface area contributed by atoms with Gasteiger partial charge in [-0.3, -0.25) is 0 Å². The van der Waals surface area contributed by atoms with E-state index in [1.54, 1.807) is 0 Å². The molecule has 0 saturated carbocycles. The number of carbonyl (C=O) groups is 1. The summed E-state index contributed by atoms with van der Waals surface area (Å²) in [5.74, 6) is -0.599. The Bertz CT molecular complexity index is 528. The first-order chi connectivity index (χ1) is 8.22. The molecule has 0 spiro atoms. The Morgan fingerprint density at radius 2 is 1.94 bits per heavy atom. The molecule has 1 atom stereocenters. The van der Waals surface area contributed by atoms with E-state index in [1.165, 1.54) is 7.11 Å². The number of esters is 1. The summed E-state index contributed by atoms with van der Waals surface area (Å²) in [6, 6.07) is 13.7. The van der Waals surface area contributed by atoms with E-state index in [0.717, 1.165) is 16.3 Å². The van der Waals surface area contributed by atoms with Crippen molar-refractivity contribution in [1.82, 2.24) is 0 Å². The van der Waals surface area contributed by atoms with Gasteiger partial charge in [-0.15, -0.1) is 0 Å². The molecule has 0 radical (unpaired) electrons. The third-order valence-corrected chi connectivity index (χ3v) is 2.77. The quantitative estimate of drug-likeness (QED) is 0.819. The zero-order valence-electron chi connectivity index (χ0n) is 9.59. The number of methoxy groups -OCH3 is 1. The van der Waals surface area contributed by atoms with Crippen molar-refractivity contribution >= 4 is 16.7 Å². The Hall–Kier alpha value is -1.87. The van der Waals surface area contributed by atoms with Crippen molar-refractivity contribution in [1.29, 1.82) is 0 Å². The van der Waals surface area contributed by atoms with Crippen LogP contribution in [0.15, 0.2) is 42.5 Å². The van der Waals surface area contributed by atoms with Crippen LogP contribution in [-0.4, -0.2) is 24.3 Å². The van der Waals surface area contributed by atoms with Gasteiger partial charge in [0.15, 0.2) is 6.10 Å². The van der Waals surface area contributed by atoms with Gasteiger partial charge in [-0.2, -0.15) is 0 Å². The second kappa shape index (κ2) is 4.97. The Morgan fingerprint density at radius 1 is 1.24 bits per heavy atom. The van der Waals surface area contributed by atoms with Crippen LogP contribution in [-0.2, 0) is 16.0 Å². The highest BCUT2D eigenvalue weighted by Gasteiger charge is 2.16. The molecule has 3 heteroatoms. The molecule has 0 amide bonds. The lowest BCUT2D eigenvalue weighted by Gasteiger charge is -2.10. The lowest BCUT2D eigenvalue weighted by Crippen LogP contribution is -2.24. The van der Waals surface area contributed by atoms with Crippen molar-refractivity contribution < 1.29 is 14.6 Å². The number of benzene rings is 2. The average Bonchev–Trinajstić information content (AvgIpc) is 2.38. The van der Waals surface area contributed by atoms with Crippen LogP contribution in [0.1, 0.15) is 5.56 Å². The van der Waals surface area contributed by atoms with Gasteiger partial charge in [0.2, 0.25) is 0 Å². The summed E-state index contributed by atoms with van der Waals surface area (Å²) in [4.78, 5) is 11.2. The van der Waals surface area contributed by atoms with E-state index in [2.05, 4.69) is 4.74 Å². The standard InChI is InChI=1S/C14H14O3/c1-17-14(16)13(15)9-11-7-4-6-10-5-2-3-8-12(10)11/h2-8,13,15H,9H2,1H3. The minimum Gasteiger partial charge on any atom is -0.467 e. The fourth-order valence-corrected chi connectivity index (χ4v) is 1.90. The molecule has 0 heterocycles. The number of aliphatic hydroxyl groups excluding tert-OH is 1. The maximum absolute atomic E-state index is 11.2. The third-order valence-electron chi connectivity index (χ3n) is 2.77. The Labute approximate surface area is 99.6 Å². The molecule has 2 aromatic carbocycles. The van der Waals surface area contributed by atoms with Crippen molar-refractivity contribution in [3.05, 3.63) is 48.0 Å². The van der Waals surface area contributed by atoms with Gasteiger partial charge in [0, 0.05) is 6.42 Å². The molecule has 2 rings (SSSR count). The van der Waals surface area contributed by atoms with Gasteiger partial charge in [-0.25, -0.2) is 4.79 Å². The van der Waals surface area contributed by atoms with Gasteiger partial charge in [-0.05, 0) is 16.3 Å². The molecule has 2 aromatic rings. The second-order valence-corrected chi connectivity index (χ2v) is 3.88. The number of ether oxygens (including phenoxy) is 1. The summed E-state index contributed by atoms with van der Waals surface area (Å²) in [6.45, 7) is 0. The van der Waals surface area contributed by atoms with Crippen molar-refractivity contribution in [2.75, 3.05) is 7.11 Å². The first-order valence-electron chi connectivity index (χ1n) is 5.45. The summed E-state index contributed by atoms with van der Waals surface area (Å²) in [6.07, 6.45) is -0.834. The molecule has 1 N–H and O–H groups in total. The van der Waals surface area contributed by atoms with E-state index in [4.69, 9.17) is 0 Å². The number of aliphatic hydroxyl groups is 1. The summed E-state index contributed by atoms with van der Waals surface area (Å²) in [5.41, 5.74) is 0.945. The predicted octanol–water partition coefficient (Wildman–Crippen LogP) is 1.92. The van der Waals surface area contributed by atoms with Crippen LogP contribution >= 0.6 is 0 Å². The number of rotatable bonds is 3. The maximum Gasteiger partial charge on any atom is 0.335 e. The normalized spacial score (nSPS) is 12.4. The predicted molar refractivity (Wildman–Crippen MR) is 65.7 cm³/mol. The van der Waals surface area contributed by atoms with Crippen molar-refractivity contribution in [2.45, 2.75) is 12.5 Å². The highest BCUT2D eigenvalue weighted by atomic mass is 16.5. The number of hydrogen-bond acceptors (Lipinski definition) is 3. The van der Waals surface area contributed by atoms with Gasteiger partial charge >= 0.3 is 5.97 Å². The lowest BCUT2D eigenvalue weighted by molar-refractivity contribution is -0.150. The Balaban J connectivity index is 2.33. The molecule has 0 aliphatic heterocycles. The molecule has 0 fully saturated rings. The zero-order valence-corrected chi connectivity index (χ0v) is 9.59. The van der Waals surface area contributed by atoms with E-state index < -0.39 is 12.1 Å². The highest BCUT2D eigenvalue weighted by molar-refractivity contribution is 5.86. The van der Waals surface area contributed by atoms with Crippen molar-refractivity contribution in [3.63, 3.8) is 0 Å². The number of hydrogen-bond donors (Lipinski definition) is 1. The molecule has 0 aromatic heterocycles. The Morgan fingerprint density at radius 3 is 2.71 bits per heavy atom. The van der Waals surface area contributed by atoms with Gasteiger partial charge in [0.05, 0.1) is 7.11 Å². The minimum atomic E-state index is -1.11.